The Kier molecular flexibility index (Phi) is 7.87. The van der Waals surface area contributed by atoms with Gasteiger partial charge in [0.2, 0.25) is 0 Å². The van der Waals surface area contributed by atoms with Crippen LogP contribution in [0, 0.1) is 5.82 Å². The Balaban J connectivity index is 1.91. The first kappa shape index (κ1) is 24.5. The molecule has 176 valence electrons. The molecule has 0 saturated heterocycles. The number of rotatable bonds is 9. The summed E-state index contributed by atoms with van der Waals surface area (Å²) in [5, 5.41) is 13.6. The van der Waals surface area contributed by atoms with Crippen LogP contribution < -0.4 is 10.9 Å². The molecule has 0 spiro atoms. The number of nitrogens with one attached hydrogen (secondary N) is 1. The van der Waals surface area contributed by atoms with E-state index in [4.69, 9.17) is 0 Å². The smallest absolute Gasteiger partial charge is 0.261 e. The number of hydrogen-bond donors (Lipinski definition) is 2. The highest BCUT2D eigenvalue weighted by molar-refractivity contribution is 5.83. The molecule has 0 bridgehead atoms. The lowest BCUT2D eigenvalue weighted by atomic mass is 10.0. The fourth-order valence-corrected chi connectivity index (χ4v) is 3.81. The highest BCUT2D eigenvalue weighted by atomic mass is 19.1. The summed E-state index contributed by atoms with van der Waals surface area (Å²) in [7, 11) is 1.61. The average molecular weight is 453 g/mol. The maximum Gasteiger partial charge on any atom is 0.261 e. The first-order valence-electron chi connectivity index (χ1n) is 11.4. The van der Waals surface area contributed by atoms with Crippen molar-refractivity contribution < 1.29 is 9.50 Å². The second kappa shape index (κ2) is 10.6. The fraction of sp³-hybridized carbons (Fsp3) is 0.385. The molecule has 2 aromatic carbocycles. The van der Waals surface area contributed by atoms with Crippen molar-refractivity contribution in [3.8, 4) is 5.75 Å². The minimum absolute atomic E-state index is 0.223. The fourth-order valence-electron chi connectivity index (χ4n) is 3.81. The second-order valence-electron chi connectivity index (χ2n) is 8.44. The summed E-state index contributed by atoms with van der Waals surface area (Å²) in [4.78, 5) is 19.7. The van der Waals surface area contributed by atoms with Crippen LogP contribution in [-0.4, -0.2) is 45.7 Å². The number of anilines is 1. The van der Waals surface area contributed by atoms with E-state index in [0.717, 1.165) is 30.8 Å². The minimum Gasteiger partial charge on any atom is -0.508 e. The molecule has 3 rings (SSSR count). The number of hydrogen-bond acceptors (Lipinski definition) is 5. The van der Waals surface area contributed by atoms with Crippen LogP contribution in [0.1, 0.15) is 50.6 Å². The van der Waals surface area contributed by atoms with Crippen molar-refractivity contribution in [3.05, 3.63) is 63.5 Å². The predicted molar refractivity (Wildman–Crippen MR) is 134 cm³/mol. The normalized spacial score (nSPS) is 11.9. The first-order chi connectivity index (χ1) is 15.7. The summed E-state index contributed by atoms with van der Waals surface area (Å²) in [6, 6.07) is 8.34. The third kappa shape index (κ3) is 5.60. The van der Waals surface area contributed by atoms with Crippen LogP contribution in [0.25, 0.3) is 23.1 Å². The monoisotopic (exact) mass is 452 g/mol. The van der Waals surface area contributed by atoms with E-state index >= 15 is 0 Å². The van der Waals surface area contributed by atoms with E-state index in [1.165, 1.54) is 10.6 Å². The molecule has 33 heavy (non-hydrogen) atoms. The maximum atomic E-state index is 14.6. The van der Waals surface area contributed by atoms with Crippen LogP contribution in [0.15, 0.2) is 35.1 Å². The van der Waals surface area contributed by atoms with Gasteiger partial charge in [-0.25, -0.2) is 9.37 Å². The van der Waals surface area contributed by atoms with E-state index in [1.807, 2.05) is 26.0 Å². The van der Waals surface area contributed by atoms with E-state index in [2.05, 4.69) is 29.0 Å². The summed E-state index contributed by atoms with van der Waals surface area (Å²) in [6.07, 6.45) is 3.52. The highest BCUT2D eigenvalue weighted by Crippen LogP contribution is 2.27. The number of phenols is 1. The molecule has 0 aliphatic rings. The molecule has 0 atom stereocenters. The Hall–Kier alpha value is -3.19. The zero-order valence-electron chi connectivity index (χ0n) is 20.0. The van der Waals surface area contributed by atoms with Crippen molar-refractivity contribution in [1.29, 1.82) is 0 Å². The third-order valence-electron chi connectivity index (χ3n) is 5.94. The molecule has 0 fully saturated rings. The quantitative estimate of drug-likeness (QED) is 0.487. The molecule has 0 aliphatic heterocycles. The lowest BCUT2D eigenvalue weighted by molar-refractivity contribution is 0.316. The van der Waals surface area contributed by atoms with Gasteiger partial charge in [-0.1, -0.05) is 45.9 Å². The first-order valence-corrected chi connectivity index (χ1v) is 11.4. The lowest BCUT2D eigenvalue weighted by Crippen LogP contribution is -2.28. The van der Waals surface area contributed by atoms with E-state index in [1.54, 1.807) is 31.3 Å². The van der Waals surface area contributed by atoms with Crippen molar-refractivity contribution in [1.82, 2.24) is 14.5 Å². The Morgan fingerprint density at radius 3 is 2.55 bits per heavy atom. The van der Waals surface area contributed by atoms with Crippen LogP contribution >= 0.6 is 0 Å². The molecule has 6 nitrogen and oxygen atoms in total. The minimum atomic E-state index is -0.468. The van der Waals surface area contributed by atoms with Gasteiger partial charge in [0.1, 0.15) is 17.4 Å². The number of fused-ring (bicyclic) bond motifs is 1. The number of benzene rings is 2. The molecule has 0 amide bonds. The molecular weight excluding hydrogens is 419 g/mol. The van der Waals surface area contributed by atoms with Crippen molar-refractivity contribution in [2.45, 2.75) is 33.6 Å². The van der Waals surface area contributed by atoms with Crippen molar-refractivity contribution >= 4 is 28.7 Å². The number of halogens is 1. The summed E-state index contributed by atoms with van der Waals surface area (Å²) >= 11 is 0. The topological polar surface area (TPSA) is 70.4 Å². The van der Waals surface area contributed by atoms with Gasteiger partial charge in [-0.3, -0.25) is 9.36 Å². The van der Waals surface area contributed by atoms with Gasteiger partial charge in [-0.05, 0) is 54.4 Å². The number of aromatic nitrogens is 2. The second-order valence-corrected chi connectivity index (χ2v) is 8.44. The van der Waals surface area contributed by atoms with Crippen LogP contribution in [0.4, 0.5) is 10.1 Å². The van der Waals surface area contributed by atoms with Crippen molar-refractivity contribution in [2.75, 3.05) is 31.5 Å². The Morgan fingerprint density at radius 2 is 1.91 bits per heavy atom. The number of likely N-dealkylation sites (N-methyl/N-ethyl adjacent to an activating group) is 1. The molecule has 0 aliphatic carbocycles. The molecular formula is C26H33FN4O2. The summed E-state index contributed by atoms with van der Waals surface area (Å²) in [6.45, 7) is 11.5. The van der Waals surface area contributed by atoms with Gasteiger partial charge in [0.15, 0.2) is 0 Å². The number of phenolic OH excluding ortho intramolecular Hbond substituents is 1. The van der Waals surface area contributed by atoms with Gasteiger partial charge < -0.3 is 15.3 Å². The van der Waals surface area contributed by atoms with Gasteiger partial charge in [-0.15, -0.1) is 0 Å². The SMILES string of the molecule is CCN(CC)CCNc1cc2nc(/C=C/c3ccc(C(C)C)c(O)c3)n(C)c(=O)c2cc1F. The van der Waals surface area contributed by atoms with Crippen LogP contribution in [0.2, 0.25) is 0 Å². The van der Waals surface area contributed by atoms with Gasteiger partial charge in [0, 0.05) is 20.1 Å². The van der Waals surface area contributed by atoms with Gasteiger partial charge in [-0.2, -0.15) is 0 Å². The van der Waals surface area contributed by atoms with Gasteiger partial charge >= 0.3 is 0 Å². The van der Waals surface area contributed by atoms with Crippen LogP contribution in [0.5, 0.6) is 5.75 Å². The van der Waals surface area contributed by atoms with E-state index in [-0.39, 0.29) is 22.6 Å². The zero-order chi connectivity index (χ0) is 24.1. The van der Waals surface area contributed by atoms with Gasteiger partial charge in [0.25, 0.3) is 5.56 Å². The van der Waals surface area contributed by atoms with Gasteiger partial charge in [0.05, 0.1) is 16.6 Å². The molecule has 7 heteroatoms. The standard InChI is InChI=1S/C26H33FN4O2/c1-6-31(7-2)13-12-28-23-16-22-20(15-21(23)27)26(33)30(5)25(29-22)11-9-18-8-10-19(17(3)4)24(32)14-18/h8-11,14-17,28,32H,6-7,12-13H2,1-5H3/b11-9+. The van der Waals surface area contributed by atoms with Crippen molar-refractivity contribution in [2.24, 2.45) is 7.05 Å². The Labute approximate surface area is 194 Å². The molecule has 1 aromatic heterocycles. The predicted octanol–water partition coefficient (Wildman–Crippen LogP) is 4.83. The molecule has 0 radical (unpaired) electrons. The molecule has 1 heterocycles. The van der Waals surface area contributed by atoms with Crippen molar-refractivity contribution in [3.63, 3.8) is 0 Å². The lowest BCUT2D eigenvalue weighted by Gasteiger charge is -2.18. The zero-order valence-corrected chi connectivity index (χ0v) is 20.0. The molecule has 0 saturated carbocycles. The summed E-state index contributed by atoms with van der Waals surface area (Å²) < 4.78 is 16.0. The maximum absolute atomic E-state index is 14.6. The largest absolute Gasteiger partial charge is 0.508 e. The molecule has 0 unspecified atom stereocenters. The summed E-state index contributed by atoms with van der Waals surface area (Å²) in [5.74, 6) is 0.440. The van der Waals surface area contributed by atoms with Crippen LogP contribution in [0.3, 0.4) is 0 Å². The molecule has 2 N–H and O–H groups in total. The Bertz CT molecular complexity index is 1210. The van der Waals surface area contributed by atoms with Crippen LogP contribution in [-0.2, 0) is 7.05 Å². The highest BCUT2D eigenvalue weighted by Gasteiger charge is 2.12. The van der Waals surface area contributed by atoms with E-state index in [0.29, 0.717) is 23.6 Å². The molecule has 3 aromatic rings. The van der Waals surface area contributed by atoms with E-state index in [9.17, 15) is 14.3 Å². The number of nitrogens with zero attached hydrogens (tertiary/aromatic N) is 3. The summed E-state index contributed by atoms with van der Waals surface area (Å²) in [5.41, 5.74) is 2.13. The average Bonchev–Trinajstić information content (AvgIpc) is 2.79. The number of aromatic hydroxyl groups is 1. The Morgan fingerprint density at radius 1 is 1.18 bits per heavy atom. The van der Waals surface area contributed by atoms with E-state index < -0.39 is 5.82 Å². The third-order valence-corrected chi connectivity index (χ3v) is 5.94.